The first-order chi connectivity index (χ1) is 13.7. The highest BCUT2D eigenvalue weighted by atomic mass is 32.2. The molecule has 1 aliphatic heterocycles. The van der Waals surface area contributed by atoms with Crippen molar-refractivity contribution in [2.24, 2.45) is 0 Å². The van der Waals surface area contributed by atoms with Gasteiger partial charge >= 0.3 is 6.18 Å². The fourth-order valence-electron chi connectivity index (χ4n) is 2.97. The first-order valence-corrected chi connectivity index (χ1v) is 10.3. The summed E-state index contributed by atoms with van der Waals surface area (Å²) in [4.78, 5) is 11.5. The van der Waals surface area contributed by atoms with Crippen molar-refractivity contribution in [3.63, 3.8) is 0 Å². The number of para-hydroxylation sites is 2. The molecule has 1 amide bonds. The Hall–Kier alpha value is -2.75. The summed E-state index contributed by atoms with van der Waals surface area (Å²) < 4.78 is 73.1. The summed E-state index contributed by atoms with van der Waals surface area (Å²) in [5.41, 5.74) is -1.19. The normalized spacial score (nSPS) is 16.7. The van der Waals surface area contributed by atoms with Crippen molar-refractivity contribution in [2.75, 3.05) is 17.4 Å². The van der Waals surface area contributed by atoms with Crippen LogP contribution in [0.1, 0.15) is 18.9 Å². The zero-order valence-electron chi connectivity index (χ0n) is 15.4. The van der Waals surface area contributed by atoms with Crippen LogP contribution in [0.3, 0.4) is 0 Å². The molecule has 0 bridgehead atoms. The Morgan fingerprint density at radius 2 is 1.83 bits per heavy atom. The summed E-state index contributed by atoms with van der Waals surface area (Å²) in [6, 6.07) is 9.97. The molecule has 29 heavy (non-hydrogen) atoms. The first-order valence-electron chi connectivity index (χ1n) is 8.88. The van der Waals surface area contributed by atoms with E-state index in [2.05, 4.69) is 5.32 Å². The molecule has 1 heterocycles. The third kappa shape index (κ3) is 4.16. The molecule has 0 saturated heterocycles. The molecule has 3 rings (SSSR count). The van der Waals surface area contributed by atoms with Gasteiger partial charge in [-0.15, -0.1) is 0 Å². The summed E-state index contributed by atoms with van der Waals surface area (Å²) in [6.45, 7) is 1.77. The van der Waals surface area contributed by atoms with Crippen LogP contribution in [0.25, 0.3) is 0 Å². The Bertz CT molecular complexity index is 1010. The van der Waals surface area contributed by atoms with Crippen LogP contribution in [0.4, 0.5) is 18.9 Å². The number of sulfonamides is 1. The van der Waals surface area contributed by atoms with Crippen LogP contribution in [0.5, 0.6) is 5.75 Å². The minimum Gasteiger partial charge on any atom is -0.476 e. The minimum absolute atomic E-state index is 0.0732. The minimum atomic E-state index is -4.85. The number of hydrogen-bond donors (Lipinski definition) is 1. The first kappa shape index (κ1) is 21.0. The van der Waals surface area contributed by atoms with E-state index in [-0.39, 0.29) is 11.4 Å². The fourth-order valence-corrected chi connectivity index (χ4v) is 4.66. The number of amides is 1. The maximum absolute atomic E-state index is 13.4. The maximum atomic E-state index is 13.4. The van der Waals surface area contributed by atoms with E-state index < -0.39 is 45.2 Å². The van der Waals surface area contributed by atoms with E-state index >= 15 is 0 Å². The smallest absolute Gasteiger partial charge is 0.417 e. The van der Waals surface area contributed by atoms with Crippen LogP contribution in [0.15, 0.2) is 53.4 Å². The van der Waals surface area contributed by atoms with Crippen molar-refractivity contribution in [2.45, 2.75) is 30.5 Å². The number of benzene rings is 2. The summed E-state index contributed by atoms with van der Waals surface area (Å²) in [5.74, 6) is -0.436. The Balaban J connectivity index is 2.08. The number of ether oxygens (including phenoxy) is 1. The van der Waals surface area contributed by atoms with E-state index in [4.69, 9.17) is 4.74 Å². The van der Waals surface area contributed by atoms with Gasteiger partial charge in [-0.05, 0) is 30.7 Å². The van der Waals surface area contributed by atoms with Gasteiger partial charge in [0.2, 0.25) is 0 Å². The number of rotatable bonds is 5. The third-order valence-electron chi connectivity index (χ3n) is 4.34. The van der Waals surface area contributed by atoms with Gasteiger partial charge in [0.25, 0.3) is 15.9 Å². The van der Waals surface area contributed by atoms with Crippen LogP contribution >= 0.6 is 0 Å². The number of carbonyl (C=O) groups excluding carboxylic acids is 1. The summed E-state index contributed by atoms with van der Waals surface area (Å²) in [5, 5.41) is 2.61. The van der Waals surface area contributed by atoms with E-state index in [0.29, 0.717) is 19.0 Å². The molecule has 2 aromatic carbocycles. The number of nitrogens with zero attached hydrogens (tertiary/aromatic N) is 1. The second kappa shape index (κ2) is 7.94. The summed E-state index contributed by atoms with van der Waals surface area (Å²) >= 11 is 0. The molecular formula is C19H19F3N2O4S. The monoisotopic (exact) mass is 428 g/mol. The zero-order chi connectivity index (χ0) is 21.2. The van der Waals surface area contributed by atoms with Gasteiger partial charge in [-0.3, -0.25) is 9.10 Å². The second-order valence-corrected chi connectivity index (χ2v) is 8.23. The average Bonchev–Trinajstić information content (AvgIpc) is 2.70. The van der Waals surface area contributed by atoms with Gasteiger partial charge in [0.15, 0.2) is 6.10 Å². The largest absolute Gasteiger partial charge is 0.476 e. The van der Waals surface area contributed by atoms with Crippen molar-refractivity contribution >= 4 is 21.6 Å². The van der Waals surface area contributed by atoms with Crippen molar-refractivity contribution < 1.29 is 31.1 Å². The molecule has 10 heteroatoms. The Morgan fingerprint density at radius 1 is 1.17 bits per heavy atom. The van der Waals surface area contributed by atoms with Crippen LogP contribution in [-0.2, 0) is 21.0 Å². The highest BCUT2D eigenvalue weighted by Crippen LogP contribution is 2.40. The topological polar surface area (TPSA) is 75.7 Å². The van der Waals surface area contributed by atoms with Gasteiger partial charge in [0, 0.05) is 6.54 Å². The second-order valence-electron chi connectivity index (χ2n) is 6.40. The highest BCUT2D eigenvalue weighted by Gasteiger charge is 2.42. The molecule has 1 atom stereocenters. The number of alkyl halides is 3. The fraction of sp³-hybridized carbons (Fsp3) is 0.316. The molecule has 0 aliphatic carbocycles. The zero-order valence-corrected chi connectivity index (χ0v) is 16.3. The number of fused-ring (bicyclic) bond motifs is 1. The lowest BCUT2D eigenvalue weighted by Gasteiger charge is -2.35. The van der Waals surface area contributed by atoms with Gasteiger partial charge in [-0.25, -0.2) is 8.42 Å². The molecule has 6 nitrogen and oxygen atoms in total. The third-order valence-corrected chi connectivity index (χ3v) is 6.17. The van der Waals surface area contributed by atoms with Crippen LogP contribution in [0.2, 0.25) is 0 Å². The average molecular weight is 428 g/mol. The van der Waals surface area contributed by atoms with Crippen molar-refractivity contribution in [1.82, 2.24) is 5.32 Å². The van der Waals surface area contributed by atoms with Crippen LogP contribution in [-0.4, -0.2) is 33.5 Å². The molecule has 0 spiro atoms. The van der Waals surface area contributed by atoms with Crippen molar-refractivity contribution in [1.29, 1.82) is 0 Å². The quantitative estimate of drug-likeness (QED) is 0.794. The van der Waals surface area contributed by atoms with E-state index in [1.807, 2.05) is 6.92 Å². The van der Waals surface area contributed by atoms with Crippen molar-refractivity contribution in [3.8, 4) is 5.75 Å². The van der Waals surface area contributed by atoms with Crippen LogP contribution in [0, 0.1) is 0 Å². The standard InChI is InChI=1S/C19H19F3N2O4S/c1-2-11-23-18(25)16-12-24(14-8-4-5-9-15(14)28-16)29(26,27)17-10-6-3-7-13(17)19(20,21)22/h3-10,16H,2,11-12H2,1H3,(H,23,25). The van der Waals surface area contributed by atoms with E-state index in [1.54, 1.807) is 6.07 Å². The van der Waals surface area contributed by atoms with Gasteiger partial charge in [-0.2, -0.15) is 13.2 Å². The highest BCUT2D eigenvalue weighted by molar-refractivity contribution is 7.93. The molecule has 2 aromatic rings. The number of nitrogens with one attached hydrogen (secondary N) is 1. The van der Waals surface area contributed by atoms with Crippen LogP contribution < -0.4 is 14.4 Å². The number of halogens is 3. The summed E-state index contributed by atoms with van der Waals surface area (Å²) in [7, 11) is -4.62. The molecular weight excluding hydrogens is 409 g/mol. The molecule has 0 aromatic heterocycles. The Labute approximate surface area is 166 Å². The number of anilines is 1. The molecule has 156 valence electrons. The van der Waals surface area contributed by atoms with Gasteiger partial charge in [0.05, 0.1) is 22.7 Å². The Morgan fingerprint density at radius 3 is 2.52 bits per heavy atom. The van der Waals surface area contributed by atoms with Gasteiger partial charge < -0.3 is 10.1 Å². The van der Waals surface area contributed by atoms with E-state index in [9.17, 15) is 26.4 Å². The molecule has 0 fully saturated rings. The predicted octanol–water partition coefficient (Wildman–Crippen LogP) is 3.19. The van der Waals surface area contributed by atoms with E-state index in [0.717, 1.165) is 16.4 Å². The molecule has 1 aliphatic rings. The SMILES string of the molecule is CCCNC(=O)C1CN(S(=O)(=O)c2ccccc2C(F)(F)F)c2ccccc2O1. The Kier molecular flexibility index (Phi) is 5.74. The van der Waals surface area contributed by atoms with E-state index in [1.165, 1.54) is 24.3 Å². The lowest BCUT2D eigenvalue weighted by atomic mass is 10.2. The maximum Gasteiger partial charge on any atom is 0.417 e. The predicted molar refractivity (Wildman–Crippen MR) is 100 cm³/mol. The molecule has 1 N–H and O–H groups in total. The molecule has 1 unspecified atom stereocenters. The van der Waals surface area contributed by atoms with Crippen molar-refractivity contribution in [3.05, 3.63) is 54.1 Å². The lowest BCUT2D eigenvalue weighted by molar-refractivity contribution is -0.139. The number of hydrogen-bond acceptors (Lipinski definition) is 4. The summed E-state index contributed by atoms with van der Waals surface area (Å²) in [6.07, 6.45) is -5.38. The van der Waals surface area contributed by atoms with Gasteiger partial charge in [-0.1, -0.05) is 31.2 Å². The van der Waals surface area contributed by atoms with Gasteiger partial charge in [0.1, 0.15) is 5.75 Å². The molecule has 0 saturated carbocycles. The molecule has 0 radical (unpaired) electrons. The lowest BCUT2D eigenvalue weighted by Crippen LogP contribution is -2.51. The number of carbonyl (C=O) groups is 1.